The highest BCUT2D eigenvalue weighted by Gasteiger charge is 2.46. The SMILES string of the molecule is CCC1(C)CC(C)([CH]C(C)(C)C)OO1. The van der Waals surface area contributed by atoms with Gasteiger partial charge in [0, 0.05) is 12.8 Å². The maximum Gasteiger partial charge on any atom is 0.107 e. The molecule has 0 aromatic heterocycles. The average Bonchev–Trinajstić information content (AvgIpc) is 2.25. The summed E-state index contributed by atoms with van der Waals surface area (Å²) in [4.78, 5) is 10.9. The first-order valence-electron chi connectivity index (χ1n) is 5.42. The van der Waals surface area contributed by atoms with E-state index in [0.717, 1.165) is 12.8 Å². The fourth-order valence-corrected chi connectivity index (χ4v) is 2.17. The van der Waals surface area contributed by atoms with Crippen LogP contribution in [0.4, 0.5) is 0 Å². The van der Waals surface area contributed by atoms with Crippen LogP contribution in [0.5, 0.6) is 0 Å². The van der Waals surface area contributed by atoms with Crippen molar-refractivity contribution in [3.05, 3.63) is 6.42 Å². The molecule has 1 heterocycles. The van der Waals surface area contributed by atoms with Crippen molar-refractivity contribution in [2.45, 2.75) is 65.6 Å². The van der Waals surface area contributed by atoms with E-state index in [4.69, 9.17) is 9.78 Å². The molecular formula is C12H23O2. The molecule has 0 saturated carbocycles. The van der Waals surface area contributed by atoms with Crippen molar-refractivity contribution >= 4 is 0 Å². The Morgan fingerprint density at radius 2 is 1.79 bits per heavy atom. The van der Waals surface area contributed by atoms with Crippen molar-refractivity contribution in [2.75, 3.05) is 0 Å². The van der Waals surface area contributed by atoms with Crippen LogP contribution in [0, 0.1) is 11.8 Å². The quantitative estimate of drug-likeness (QED) is 0.633. The lowest BCUT2D eigenvalue weighted by atomic mass is 9.78. The number of rotatable bonds is 2. The van der Waals surface area contributed by atoms with Gasteiger partial charge in [0.15, 0.2) is 0 Å². The first-order chi connectivity index (χ1) is 6.18. The van der Waals surface area contributed by atoms with E-state index in [1.807, 2.05) is 0 Å². The zero-order valence-electron chi connectivity index (χ0n) is 10.3. The van der Waals surface area contributed by atoms with Gasteiger partial charge >= 0.3 is 0 Å². The molecule has 1 saturated heterocycles. The minimum Gasteiger partial charge on any atom is -0.230 e. The monoisotopic (exact) mass is 199 g/mol. The van der Waals surface area contributed by atoms with E-state index in [2.05, 4.69) is 48.0 Å². The summed E-state index contributed by atoms with van der Waals surface area (Å²) >= 11 is 0. The van der Waals surface area contributed by atoms with Crippen molar-refractivity contribution in [1.82, 2.24) is 0 Å². The lowest BCUT2D eigenvalue weighted by molar-refractivity contribution is -0.340. The van der Waals surface area contributed by atoms with Crippen molar-refractivity contribution < 1.29 is 9.78 Å². The van der Waals surface area contributed by atoms with E-state index in [0.29, 0.717) is 0 Å². The van der Waals surface area contributed by atoms with E-state index >= 15 is 0 Å². The highest BCUT2D eigenvalue weighted by molar-refractivity contribution is 5.03. The Hall–Kier alpha value is -0.0800. The summed E-state index contributed by atoms with van der Waals surface area (Å²) in [6, 6.07) is 0. The predicted octanol–water partition coefficient (Wildman–Crippen LogP) is 3.52. The van der Waals surface area contributed by atoms with Crippen LogP contribution < -0.4 is 0 Å². The zero-order valence-corrected chi connectivity index (χ0v) is 10.3. The molecule has 0 amide bonds. The molecule has 1 radical (unpaired) electrons. The van der Waals surface area contributed by atoms with Crippen molar-refractivity contribution in [3.8, 4) is 0 Å². The molecule has 1 fully saturated rings. The Kier molecular flexibility index (Phi) is 2.99. The standard InChI is InChI=1S/C12H23O2/c1-7-11(5)9-12(6,14-13-11)8-10(2,3)4/h8H,7,9H2,1-6H3. The van der Waals surface area contributed by atoms with Crippen LogP contribution in [-0.2, 0) is 9.78 Å². The molecule has 0 N–H and O–H groups in total. The van der Waals surface area contributed by atoms with Crippen LogP contribution in [0.25, 0.3) is 0 Å². The lowest BCUT2D eigenvalue weighted by Crippen LogP contribution is -2.32. The summed E-state index contributed by atoms with van der Waals surface area (Å²) in [5, 5.41) is 0. The molecule has 1 aliphatic rings. The Balaban J connectivity index is 2.63. The van der Waals surface area contributed by atoms with Gasteiger partial charge in [0.1, 0.15) is 11.2 Å². The fourth-order valence-electron chi connectivity index (χ4n) is 2.17. The molecular weight excluding hydrogens is 176 g/mol. The zero-order chi connectivity index (χ0) is 11.0. The first kappa shape index (κ1) is 12.0. The summed E-state index contributed by atoms with van der Waals surface area (Å²) in [6.07, 6.45) is 4.16. The Bertz CT molecular complexity index is 207. The van der Waals surface area contributed by atoms with E-state index in [-0.39, 0.29) is 16.6 Å². The Labute approximate surface area is 87.9 Å². The molecule has 2 unspecified atom stereocenters. The maximum atomic E-state index is 5.47. The normalized spacial score (nSPS) is 39.0. The highest BCUT2D eigenvalue weighted by atomic mass is 17.2. The van der Waals surface area contributed by atoms with Gasteiger partial charge in [-0.25, -0.2) is 9.78 Å². The van der Waals surface area contributed by atoms with Crippen LogP contribution >= 0.6 is 0 Å². The topological polar surface area (TPSA) is 18.5 Å². The van der Waals surface area contributed by atoms with E-state index < -0.39 is 0 Å². The number of hydrogen-bond donors (Lipinski definition) is 0. The van der Waals surface area contributed by atoms with Crippen molar-refractivity contribution in [2.24, 2.45) is 5.41 Å². The van der Waals surface area contributed by atoms with Crippen molar-refractivity contribution in [1.29, 1.82) is 0 Å². The second-order valence-corrected chi connectivity index (χ2v) is 5.97. The van der Waals surface area contributed by atoms with Gasteiger partial charge in [-0.05, 0) is 25.7 Å². The summed E-state index contributed by atoms with van der Waals surface area (Å²) in [5.41, 5.74) is -0.184. The molecule has 1 aliphatic heterocycles. The largest absolute Gasteiger partial charge is 0.230 e. The van der Waals surface area contributed by atoms with E-state index in [1.165, 1.54) is 0 Å². The third kappa shape index (κ3) is 2.96. The van der Waals surface area contributed by atoms with Gasteiger partial charge in [0.2, 0.25) is 0 Å². The van der Waals surface area contributed by atoms with Gasteiger partial charge in [-0.3, -0.25) is 0 Å². The molecule has 0 aromatic rings. The summed E-state index contributed by atoms with van der Waals surface area (Å²) in [6.45, 7) is 12.9. The van der Waals surface area contributed by atoms with Crippen LogP contribution in [0.1, 0.15) is 54.4 Å². The summed E-state index contributed by atoms with van der Waals surface area (Å²) in [5.74, 6) is 0. The molecule has 1 rings (SSSR count). The average molecular weight is 199 g/mol. The molecule has 2 atom stereocenters. The van der Waals surface area contributed by atoms with E-state index in [9.17, 15) is 0 Å². The highest BCUT2D eigenvalue weighted by Crippen LogP contribution is 2.43. The fraction of sp³-hybridized carbons (Fsp3) is 0.917. The molecule has 0 aromatic carbocycles. The third-order valence-electron chi connectivity index (χ3n) is 2.64. The van der Waals surface area contributed by atoms with Crippen LogP contribution in [0.3, 0.4) is 0 Å². The number of hydrogen-bond acceptors (Lipinski definition) is 2. The summed E-state index contributed by atoms with van der Waals surface area (Å²) < 4.78 is 0. The second kappa shape index (κ2) is 3.49. The minimum atomic E-state index is -0.233. The molecule has 83 valence electrons. The Morgan fingerprint density at radius 1 is 1.21 bits per heavy atom. The van der Waals surface area contributed by atoms with Crippen molar-refractivity contribution in [3.63, 3.8) is 0 Å². The van der Waals surface area contributed by atoms with Gasteiger partial charge in [-0.2, -0.15) is 0 Å². The lowest BCUT2D eigenvalue weighted by Gasteiger charge is -2.29. The van der Waals surface area contributed by atoms with E-state index in [1.54, 1.807) is 0 Å². The third-order valence-corrected chi connectivity index (χ3v) is 2.64. The molecule has 14 heavy (non-hydrogen) atoms. The molecule has 2 heteroatoms. The molecule has 0 aliphatic carbocycles. The predicted molar refractivity (Wildman–Crippen MR) is 57.6 cm³/mol. The van der Waals surface area contributed by atoms with Gasteiger partial charge in [-0.15, -0.1) is 0 Å². The summed E-state index contributed by atoms with van der Waals surface area (Å²) in [7, 11) is 0. The van der Waals surface area contributed by atoms with Gasteiger partial charge in [0.25, 0.3) is 0 Å². The molecule has 0 bridgehead atoms. The van der Waals surface area contributed by atoms with Gasteiger partial charge in [-0.1, -0.05) is 27.7 Å². The smallest absolute Gasteiger partial charge is 0.107 e. The minimum absolute atomic E-state index is 0.115. The van der Waals surface area contributed by atoms with Crippen LogP contribution in [0.2, 0.25) is 0 Å². The first-order valence-corrected chi connectivity index (χ1v) is 5.42. The Morgan fingerprint density at radius 3 is 2.14 bits per heavy atom. The van der Waals surface area contributed by atoms with Crippen LogP contribution in [-0.4, -0.2) is 11.2 Å². The van der Waals surface area contributed by atoms with Gasteiger partial charge < -0.3 is 0 Å². The molecule has 0 spiro atoms. The maximum absolute atomic E-state index is 5.47. The van der Waals surface area contributed by atoms with Crippen LogP contribution in [0.15, 0.2) is 0 Å². The molecule has 2 nitrogen and oxygen atoms in total. The second-order valence-electron chi connectivity index (χ2n) is 5.97. The van der Waals surface area contributed by atoms with Gasteiger partial charge in [0.05, 0.1) is 0 Å².